The van der Waals surface area contributed by atoms with E-state index in [0.717, 1.165) is 38.4 Å². The Kier molecular flexibility index (Phi) is 6.59. The van der Waals surface area contributed by atoms with Crippen molar-refractivity contribution in [3.8, 4) is 0 Å². The molecular formula is C17H28N6O3S. The molecule has 1 aromatic heterocycles. The molecule has 2 aliphatic rings. The van der Waals surface area contributed by atoms with Gasteiger partial charge in [0.1, 0.15) is 0 Å². The Morgan fingerprint density at radius 2 is 1.93 bits per heavy atom. The Hall–Kier alpha value is -1.81. The highest BCUT2D eigenvalue weighted by molar-refractivity contribution is 8.00. The van der Waals surface area contributed by atoms with Gasteiger partial charge in [0.05, 0.1) is 18.5 Å². The van der Waals surface area contributed by atoms with Crippen molar-refractivity contribution in [2.45, 2.75) is 56.6 Å². The number of hydrogen-bond acceptors (Lipinski definition) is 7. The van der Waals surface area contributed by atoms with E-state index in [4.69, 9.17) is 4.74 Å². The normalized spacial score (nSPS) is 18.4. The molecule has 1 saturated carbocycles. The Morgan fingerprint density at radius 3 is 2.56 bits per heavy atom. The fourth-order valence-corrected chi connectivity index (χ4v) is 3.62. The van der Waals surface area contributed by atoms with Crippen molar-refractivity contribution in [1.82, 2.24) is 25.4 Å². The second kappa shape index (κ2) is 8.92. The first-order chi connectivity index (χ1) is 12.9. The molecule has 0 aromatic carbocycles. The maximum Gasteiger partial charge on any atom is 0.321 e. The van der Waals surface area contributed by atoms with Gasteiger partial charge >= 0.3 is 6.03 Å². The number of rotatable bonds is 7. The van der Waals surface area contributed by atoms with Crippen LogP contribution in [0.4, 0.5) is 10.7 Å². The van der Waals surface area contributed by atoms with Crippen LogP contribution in [0.3, 0.4) is 0 Å². The summed E-state index contributed by atoms with van der Waals surface area (Å²) < 4.78 is 7.48. The van der Waals surface area contributed by atoms with E-state index in [2.05, 4.69) is 44.1 Å². The molecule has 0 spiro atoms. The lowest BCUT2D eigenvalue weighted by molar-refractivity contribution is -0.119. The molecule has 1 aliphatic carbocycles. The van der Waals surface area contributed by atoms with Crippen LogP contribution in [0.1, 0.15) is 33.6 Å². The van der Waals surface area contributed by atoms with Gasteiger partial charge in [-0.3, -0.25) is 14.7 Å². The number of anilines is 1. The van der Waals surface area contributed by atoms with Crippen LogP contribution in [0.25, 0.3) is 0 Å². The van der Waals surface area contributed by atoms with E-state index in [1.165, 1.54) is 11.8 Å². The molecule has 1 aliphatic heterocycles. The lowest BCUT2D eigenvalue weighted by Crippen LogP contribution is -2.43. The quantitative estimate of drug-likeness (QED) is 0.669. The lowest BCUT2D eigenvalue weighted by Gasteiger charge is -2.28. The first kappa shape index (κ1) is 19.9. The second-order valence-corrected chi connectivity index (χ2v) is 8.69. The van der Waals surface area contributed by atoms with Crippen molar-refractivity contribution < 1.29 is 14.3 Å². The van der Waals surface area contributed by atoms with Gasteiger partial charge in [-0.15, -0.1) is 10.2 Å². The van der Waals surface area contributed by atoms with Gasteiger partial charge < -0.3 is 15.0 Å². The van der Waals surface area contributed by atoms with Gasteiger partial charge in [0.25, 0.3) is 0 Å². The average molecular weight is 397 g/mol. The van der Waals surface area contributed by atoms with Gasteiger partial charge in [0.2, 0.25) is 11.9 Å². The first-order valence-corrected chi connectivity index (χ1v) is 10.4. The molecule has 2 N–H and O–H groups in total. The summed E-state index contributed by atoms with van der Waals surface area (Å²) in [4.78, 5) is 26.3. The van der Waals surface area contributed by atoms with Gasteiger partial charge in [-0.2, -0.15) is 0 Å². The molecule has 1 aromatic rings. The van der Waals surface area contributed by atoms with Crippen molar-refractivity contribution in [2.75, 3.05) is 31.2 Å². The van der Waals surface area contributed by atoms with E-state index >= 15 is 0 Å². The number of aromatic nitrogens is 3. The minimum Gasteiger partial charge on any atom is -0.378 e. The summed E-state index contributed by atoms with van der Waals surface area (Å²) in [5, 5.41) is 14.1. The van der Waals surface area contributed by atoms with Crippen LogP contribution in [0.15, 0.2) is 5.16 Å². The Bertz CT molecular complexity index is 670. The van der Waals surface area contributed by atoms with Crippen LogP contribution in [0.5, 0.6) is 0 Å². The molecule has 10 heteroatoms. The molecule has 1 unspecified atom stereocenters. The Labute approximate surface area is 163 Å². The van der Waals surface area contributed by atoms with Gasteiger partial charge in [-0.25, -0.2) is 4.79 Å². The maximum absolute atomic E-state index is 12.3. The van der Waals surface area contributed by atoms with Crippen LogP contribution in [-0.2, 0) is 16.1 Å². The summed E-state index contributed by atoms with van der Waals surface area (Å²) in [6.45, 7) is 9.70. The number of ether oxygens (including phenoxy) is 1. The van der Waals surface area contributed by atoms with Gasteiger partial charge in [0, 0.05) is 25.7 Å². The molecule has 3 amide bonds. The molecule has 0 bridgehead atoms. The monoisotopic (exact) mass is 396 g/mol. The number of hydrogen-bond donors (Lipinski definition) is 2. The zero-order valence-electron chi connectivity index (χ0n) is 16.1. The molecule has 27 heavy (non-hydrogen) atoms. The summed E-state index contributed by atoms with van der Waals surface area (Å²) >= 11 is 1.32. The number of nitrogens with one attached hydrogen (secondary N) is 2. The van der Waals surface area contributed by atoms with Crippen molar-refractivity contribution in [2.24, 2.45) is 5.92 Å². The van der Waals surface area contributed by atoms with Gasteiger partial charge in [-0.05, 0) is 25.7 Å². The first-order valence-electron chi connectivity index (χ1n) is 9.48. The number of carbonyl (C=O) groups is 2. The van der Waals surface area contributed by atoms with E-state index < -0.39 is 11.3 Å². The van der Waals surface area contributed by atoms with Gasteiger partial charge in [0.15, 0.2) is 5.16 Å². The number of amides is 3. The highest BCUT2D eigenvalue weighted by Crippen LogP contribution is 2.27. The molecule has 1 atom stereocenters. The SMILES string of the molecule is CC(C)Cn1c(SC(C)C(=O)NC(=O)NC2CC2)nnc1N1CCOCC1. The number of imide groups is 1. The largest absolute Gasteiger partial charge is 0.378 e. The predicted molar refractivity (Wildman–Crippen MR) is 103 cm³/mol. The van der Waals surface area contributed by atoms with Crippen LogP contribution < -0.4 is 15.5 Å². The molecule has 2 fully saturated rings. The molecule has 0 radical (unpaired) electrons. The molecular weight excluding hydrogens is 368 g/mol. The van der Waals surface area contributed by atoms with Crippen LogP contribution in [0.2, 0.25) is 0 Å². The highest BCUT2D eigenvalue weighted by Gasteiger charge is 2.27. The lowest BCUT2D eigenvalue weighted by atomic mass is 10.2. The minimum absolute atomic E-state index is 0.214. The fourth-order valence-electron chi connectivity index (χ4n) is 2.76. The smallest absolute Gasteiger partial charge is 0.321 e. The third kappa shape index (κ3) is 5.58. The van der Waals surface area contributed by atoms with Crippen molar-refractivity contribution >= 4 is 29.6 Å². The molecule has 3 rings (SSSR count). The number of nitrogens with zero attached hydrogens (tertiary/aromatic N) is 4. The summed E-state index contributed by atoms with van der Waals surface area (Å²) in [7, 11) is 0. The molecule has 1 saturated heterocycles. The summed E-state index contributed by atoms with van der Waals surface area (Å²) in [5.41, 5.74) is 0. The molecule has 150 valence electrons. The third-order valence-electron chi connectivity index (χ3n) is 4.34. The molecule has 9 nitrogen and oxygen atoms in total. The minimum atomic E-state index is -0.456. The number of carbonyl (C=O) groups excluding carboxylic acids is 2. The predicted octanol–water partition coefficient (Wildman–Crippen LogP) is 1.24. The van der Waals surface area contributed by atoms with E-state index in [1.54, 1.807) is 6.92 Å². The number of morpholine rings is 1. The van der Waals surface area contributed by atoms with E-state index in [-0.39, 0.29) is 11.9 Å². The van der Waals surface area contributed by atoms with Crippen molar-refractivity contribution in [3.63, 3.8) is 0 Å². The van der Waals surface area contributed by atoms with Crippen LogP contribution >= 0.6 is 11.8 Å². The number of thioether (sulfide) groups is 1. The summed E-state index contributed by atoms with van der Waals surface area (Å²) in [6.07, 6.45) is 1.96. The standard InChI is InChI=1S/C17H28N6O3S/c1-11(2)10-23-16(22-6-8-26-9-7-22)20-21-17(23)27-12(3)14(24)19-15(25)18-13-4-5-13/h11-13H,4-10H2,1-3H3,(H2,18,19,24,25). The van der Waals surface area contributed by atoms with E-state index in [0.29, 0.717) is 24.3 Å². The van der Waals surface area contributed by atoms with Crippen LogP contribution in [0, 0.1) is 5.92 Å². The zero-order valence-corrected chi connectivity index (χ0v) is 16.9. The number of urea groups is 1. The summed E-state index contributed by atoms with van der Waals surface area (Å²) in [5.74, 6) is 0.896. The zero-order chi connectivity index (χ0) is 19.4. The highest BCUT2D eigenvalue weighted by atomic mass is 32.2. The maximum atomic E-state index is 12.3. The topological polar surface area (TPSA) is 101 Å². The van der Waals surface area contributed by atoms with Crippen molar-refractivity contribution in [3.05, 3.63) is 0 Å². The fraction of sp³-hybridized carbons (Fsp3) is 0.765. The average Bonchev–Trinajstić information content (AvgIpc) is 3.36. The Balaban J connectivity index is 1.65. The van der Waals surface area contributed by atoms with E-state index in [1.807, 2.05) is 0 Å². The van der Waals surface area contributed by atoms with Gasteiger partial charge in [-0.1, -0.05) is 25.6 Å². The molecule has 2 heterocycles. The summed E-state index contributed by atoms with van der Waals surface area (Å²) in [6, 6.07) is -0.210. The van der Waals surface area contributed by atoms with Crippen LogP contribution in [-0.4, -0.2) is 64.3 Å². The second-order valence-electron chi connectivity index (χ2n) is 7.38. The Morgan fingerprint density at radius 1 is 1.22 bits per heavy atom. The van der Waals surface area contributed by atoms with E-state index in [9.17, 15) is 9.59 Å². The third-order valence-corrected chi connectivity index (χ3v) is 5.42. The van der Waals surface area contributed by atoms with Crippen molar-refractivity contribution in [1.29, 1.82) is 0 Å².